The fraction of sp³-hybridized carbons (Fsp3) is 0.188. The van der Waals surface area contributed by atoms with Gasteiger partial charge in [0.15, 0.2) is 0 Å². The lowest BCUT2D eigenvalue weighted by Gasteiger charge is -2.06. The second-order valence-corrected chi connectivity index (χ2v) is 5.61. The largest absolute Gasteiger partial charge is 0.192 e. The molecular weight excluding hydrogens is 238 g/mol. The molecule has 0 aromatic heterocycles. The first-order valence-corrected chi connectivity index (χ1v) is 6.97. The van der Waals surface area contributed by atoms with Crippen molar-refractivity contribution in [2.24, 2.45) is 0 Å². The standard InChI is InChI=1S/C16H13NS/c17-11-14-4-1-2-7-16(14)18-15-9-8-12-5-3-6-13(12)10-15/h1-2,4,7-10H,3,5-6H2. The molecular formula is C16H13NS. The lowest BCUT2D eigenvalue weighted by molar-refractivity contribution is 0.911. The van der Waals surface area contributed by atoms with Gasteiger partial charge in [0.1, 0.15) is 6.07 Å². The molecule has 0 fully saturated rings. The van der Waals surface area contributed by atoms with E-state index in [1.54, 1.807) is 11.8 Å². The van der Waals surface area contributed by atoms with Gasteiger partial charge in [0.25, 0.3) is 0 Å². The van der Waals surface area contributed by atoms with Crippen LogP contribution < -0.4 is 0 Å². The molecule has 0 bridgehead atoms. The molecule has 1 nitrogen and oxygen atoms in total. The second-order valence-electron chi connectivity index (χ2n) is 4.49. The maximum Gasteiger partial charge on any atom is 0.100 e. The van der Waals surface area contributed by atoms with Crippen LogP contribution in [0.1, 0.15) is 23.1 Å². The van der Waals surface area contributed by atoms with Crippen molar-refractivity contribution in [2.45, 2.75) is 29.1 Å². The minimum Gasteiger partial charge on any atom is -0.192 e. The van der Waals surface area contributed by atoms with Crippen LogP contribution >= 0.6 is 11.8 Å². The zero-order valence-corrected chi connectivity index (χ0v) is 10.8. The Morgan fingerprint density at radius 1 is 1.00 bits per heavy atom. The highest BCUT2D eigenvalue weighted by Gasteiger charge is 2.11. The molecule has 0 amide bonds. The summed E-state index contributed by atoms with van der Waals surface area (Å²) in [5.74, 6) is 0. The number of fused-ring (bicyclic) bond motifs is 1. The molecule has 0 heterocycles. The number of nitriles is 1. The molecule has 0 unspecified atom stereocenters. The zero-order valence-electron chi connectivity index (χ0n) is 10.0. The van der Waals surface area contributed by atoms with Crippen molar-refractivity contribution in [3.63, 3.8) is 0 Å². The van der Waals surface area contributed by atoms with E-state index >= 15 is 0 Å². The fourth-order valence-corrected chi connectivity index (χ4v) is 3.35. The predicted octanol–water partition coefficient (Wildman–Crippen LogP) is 4.20. The van der Waals surface area contributed by atoms with E-state index in [2.05, 4.69) is 24.3 Å². The third-order valence-corrected chi connectivity index (χ3v) is 4.37. The Morgan fingerprint density at radius 3 is 2.72 bits per heavy atom. The van der Waals surface area contributed by atoms with Gasteiger partial charge < -0.3 is 0 Å². The monoisotopic (exact) mass is 251 g/mol. The number of nitrogens with zero attached hydrogens (tertiary/aromatic N) is 1. The van der Waals surface area contributed by atoms with Crippen LogP contribution in [-0.4, -0.2) is 0 Å². The van der Waals surface area contributed by atoms with E-state index in [1.807, 2.05) is 24.3 Å². The van der Waals surface area contributed by atoms with E-state index < -0.39 is 0 Å². The van der Waals surface area contributed by atoms with Crippen LogP contribution in [0.25, 0.3) is 0 Å². The van der Waals surface area contributed by atoms with Gasteiger partial charge >= 0.3 is 0 Å². The maximum atomic E-state index is 9.09. The second kappa shape index (κ2) is 4.88. The third kappa shape index (κ3) is 2.14. The van der Waals surface area contributed by atoms with Crippen molar-refractivity contribution in [1.29, 1.82) is 5.26 Å². The topological polar surface area (TPSA) is 23.8 Å². The van der Waals surface area contributed by atoms with Gasteiger partial charge in [0.05, 0.1) is 5.56 Å². The molecule has 2 heteroatoms. The molecule has 88 valence electrons. The van der Waals surface area contributed by atoms with Gasteiger partial charge in [-0.1, -0.05) is 30.0 Å². The van der Waals surface area contributed by atoms with Crippen LogP contribution in [0.3, 0.4) is 0 Å². The highest BCUT2D eigenvalue weighted by molar-refractivity contribution is 7.99. The molecule has 18 heavy (non-hydrogen) atoms. The van der Waals surface area contributed by atoms with Crippen molar-refractivity contribution >= 4 is 11.8 Å². The molecule has 0 atom stereocenters. The summed E-state index contributed by atoms with van der Waals surface area (Å²) in [5, 5.41) is 9.09. The highest BCUT2D eigenvalue weighted by atomic mass is 32.2. The minimum atomic E-state index is 0.753. The number of rotatable bonds is 2. The summed E-state index contributed by atoms with van der Waals surface area (Å²) in [6.45, 7) is 0. The van der Waals surface area contributed by atoms with Gasteiger partial charge in [-0.05, 0) is 54.7 Å². The summed E-state index contributed by atoms with van der Waals surface area (Å²) in [5.41, 5.74) is 3.73. The zero-order chi connectivity index (χ0) is 12.4. The molecule has 2 aromatic carbocycles. The Labute approximate surface area is 111 Å². The predicted molar refractivity (Wildman–Crippen MR) is 73.7 cm³/mol. The Morgan fingerprint density at radius 2 is 1.83 bits per heavy atom. The summed E-state index contributed by atoms with van der Waals surface area (Å²) in [6, 6.07) is 16.7. The fourth-order valence-electron chi connectivity index (χ4n) is 2.39. The molecule has 0 radical (unpaired) electrons. The van der Waals surface area contributed by atoms with E-state index in [0.29, 0.717) is 0 Å². The summed E-state index contributed by atoms with van der Waals surface area (Å²) >= 11 is 1.68. The van der Waals surface area contributed by atoms with Gasteiger partial charge in [-0.15, -0.1) is 0 Å². The number of aryl methyl sites for hydroxylation is 2. The number of hydrogen-bond acceptors (Lipinski definition) is 2. The molecule has 0 spiro atoms. The van der Waals surface area contributed by atoms with Crippen molar-refractivity contribution in [3.8, 4) is 6.07 Å². The summed E-state index contributed by atoms with van der Waals surface area (Å²) in [6.07, 6.45) is 3.69. The lowest BCUT2D eigenvalue weighted by atomic mass is 10.1. The first-order valence-electron chi connectivity index (χ1n) is 6.15. The van der Waals surface area contributed by atoms with Crippen LogP contribution in [0.5, 0.6) is 0 Å². The summed E-state index contributed by atoms with van der Waals surface area (Å²) < 4.78 is 0. The first-order chi connectivity index (χ1) is 8.86. The highest BCUT2D eigenvalue weighted by Crippen LogP contribution is 2.33. The van der Waals surface area contributed by atoms with Crippen LogP contribution in [-0.2, 0) is 12.8 Å². The molecule has 0 N–H and O–H groups in total. The van der Waals surface area contributed by atoms with E-state index in [9.17, 15) is 0 Å². The van der Waals surface area contributed by atoms with Crippen molar-refractivity contribution in [1.82, 2.24) is 0 Å². The third-order valence-electron chi connectivity index (χ3n) is 3.31. The van der Waals surface area contributed by atoms with E-state index in [0.717, 1.165) is 10.5 Å². The lowest BCUT2D eigenvalue weighted by Crippen LogP contribution is -1.84. The number of hydrogen-bond donors (Lipinski definition) is 0. The van der Waals surface area contributed by atoms with Gasteiger partial charge in [-0.25, -0.2) is 0 Å². The van der Waals surface area contributed by atoms with Crippen LogP contribution in [0.15, 0.2) is 52.3 Å². The van der Waals surface area contributed by atoms with Crippen molar-refractivity contribution in [3.05, 3.63) is 59.2 Å². The Balaban J connectivity index is 1.91. The number of benzene rings is 2. The normalized spacial score (nSPS) is 13.1. The van der Waals surface area contributed by atoms with Gasteiger partial charge in [0.2, 0.25) is 0 Å². The molecule has 1 aliphatic rings. The molecule has 0 saturated heterocycles. The summed E-state index contributed by atoms with van der Waals surface area (Å²) in [4.78, 5) is 2.27. The average molecular weight is 251 g/mol. The maximum absolute atomic E-state index is 9.09. The molecule has 3 rings (SSSR count). The van der Waals surface area contributed by atoms with Gasteiger partial charge in [-0.2, -0.15) is 5.26 Å². The minimum absolute atomic E-state index is 0.753. The van der Waals surface area contributed by atoms with Crippen LogP contribution in [0.2, 0.25) is 0 Å². The van der Waals surface area contributed by atoms with Gasteiger partial charge in [-0.3, -0.25) is 0 Å². The smallest absolute Gasteiger partial charge is 0.100 e. The molecule has 2 aromatic rings. The van der Waals surface area contributed by atoms with Gasteiger partial charge in [0, 0.05) is 9.79 Å². The Hall–Kier alpha value is -1.72. The molecule has 0 aliphatic heterocycles. The molecule has 1 aliphatic carbocycles. The molecule has 0 saturated carbocycles. The van der Waals surface area contributed by atoms with Crippen molar-refractivity contribution in [2.75, 3.05) is 0 Å². The van der Waals surface area contributed by atoms with Crippen LogP contribution in [0, 0.1) is 11.3 Å². The van der Waals surface area contributed by atoms with Crippen molar-refractivity contribution < 1.29 is 0 Å². The van der Waals surface area contributed by atoms with E-state index in [4.69, 9.17) is 5.26 Å². The van der Waals surface area contributed by atoms with E-state index in [1.165, 1.54) is 35.3 Å². The Bertz CT molecular complexity index is 625. The average Bonchev–Trinajstić information content (AvgIpc) is 2.87. The summed E-state index contributed by atoms with van der Waals surface area (Å²) in [7, 11) is 0. The Kier molecular flexibility index (Phi) is 3.08. The quantitative estimate of drug-likeness (QED) is 0.798. The van der Waals surface area contributed by atoms with Crippen LogP contribution in [0.4, 0.5) is 0 Å². The first kappa shape index (κ1) is 11.4. The SMILES string of the molecule is N#Cc1ccccc1Sc1ccc2c(c1)CCC2. The van der Waals surface area contributed by atoms with E-state index in [-0.39, 0.29) is 0 Å².